The average Bonchev–Trinajstić information content (AvgIpc) is 2.42. The zero-order valence-electron chi connectivity index (χ0n) is 10.6. The highest BCUT2D eigenvalue weighted by Gasteiger charge is 2.15. The Morgan fingerprint density at radius 2 is 2.05 bits per heavy atom. The number of likely N-dealkylation sites (N-methyl/N-ethyl adjacent to an activating group) is 1. The normalized spacial score (nSPS) is 12.4. The highest BCUT2D eigenvalue weighted by atomic mass is 79.9. The van der Waals surface area contributed by atoms with Crippen LogP contribution in [0, 0.1) is 0 Å². The number of nitrogens with zero attached hydrogens (tertiary/aromatic N) is 2. The largest absolute Gasteiger partial charge is 0.307 e. The number of hydrogen-bond acceptors (Lipinski definition) is 3. The standard InChI is InChI=1S/C14H15BrClN3/c1-2-17-13(14-18-6-3-7-19-14)8-10-4-5-11(15)9-12(10)16/h3-7,9,13,17H,2,8H2,1H3. The van der Waals surface area contributed by atoms with Crippen molar-refractivity contribution in [3.05, 3.63) is 57.5 Å². The summed E-state index contributed by atoms with van der Waals surface area (Å²) < 4.78 is 0.984. The summed E-state index contributed by atoms with van der Waals surface area (Å²) in [5.74, 6) is 0.795. The maximum Gasteiger partial charge on any atom is 0.145 e. The number of hydrogen-bond donors (Lipinski definition) is 1. The molecule has 1 heterocycles. The van der Waals surface area contributed by atoms with Crippen molar-refractivity contribution in [3.63, 3.8) is 0 Å². The van der Waals surface area contributed by atoms with Crippen molar-refractivity contribution in [2.75, 3.05) is 6.54 Å². The van der Waals surface area contributed by atoms with Crippen molar-refractivity contribution < 1.29 is 0 Å². The SMILES string of the molecule is CCNC(Cc1ccc(Br)cc1Cl)c1ncccn1. The van der Waals surface area contributed by atoms with Gasteiger partial charge in [-0.15, -0.1) is 0 Å². The second-order valence-electron chi connectivity index (χ2n) is 4.16. The zero-order valence-corrected chi connectivity index (χ0v) is 12.9. The predicted octanol–water partition coefficient (Wildman–Crippen LogP) is 3.79. The van der Waals surface area contributed by atoms with Gasteiger partial charge in [-0.3, -0.25) is 0 Å². The van der Waals surface area contributed by atoms with E-state index in [0.29, 0.717) is 0 Å². The van der Waals surface area contributed by atoms with E-state index in [2.05, 4.69) is 38.1 Å². The molecule has 1 aromatic carbocycles. The smallest absolute Gasteiger partial charge is 0.145 e. The molecule has 0 amide bonds. The van der Waals surface area contributed by atoms with Crippen molar-refractivity contribution in [2.45, 2.75) is 19.4 Å². The second kappa shape index (κ2) is 6.98. The summed E-state index contributed by atoms with van der Waals surface area (Å²) in [6.45, 7) is 2.93. The lowest BCUT2D eigenvalue weighted by Crippen LogP contribution is -2.25. The zero-order chi connectivity index (χ0) is 13.7. The molecule has 0 saturated carbocycles. The van der Waals surface area contributed by atoms with Crippen molar-refractivity contribution in [2.24, 2.45) is 0 Å². The van der Waals surface area contributed by atoms with E-state index in [9.17, 15) is 0 Å². The molecule has 0 fully saturated rings. The van der Waals surface area contributed by atoms with E-state index in [1.807, 2.05) is 24.3 Å². The Morgan fingerprint density at radius 3 is 2.68 bits per heavy atom. The highest BCUT2D eigenvalue weighted by molar-refractivity contribution is 9.10. The minimum absolute atomic E-state index is 0.0740. The number of nitrogens with one attached hydrogen (secondary N) is 1. The van der Waals surface area contributed by atoms with Gasteiger partial charge >= 0.3 is 0 Å². The quantitative estimate of drug-likeness (QED) is 0.900. The molecule has 1 unspecified atom stereocenters. The molecule has 2 aromatic rings. The van der Waals surface area contributed by atoms with Gasteiger partial charge in [0.05, 0.1) is 6.04 Å². The highest BCUT2D eigenvalue weighted by Crippen LogP contribution is 2.25. The van der Waals surface area contributed by atoms with Crippen LogP contribution in [0.2, 0.25) is 5.02 Å². The van der Waals surface area contributed by atoms with Crippen LogP contribution in [-0.2, 0) is 6.42 Å². The Bertz CT molecular complexity index is 533. The average molecular weight is 341 g/mol. The summed E-state index contributed by atoms with van der Waals surface area (Å²) in [4.78, 5) is 8.63. The van der Waals surface area contributed by atoms with Gasteiger partial charge in [0.2, 0.25) is 0 Å². The number of halogens is 2. The van der Waals surface area contributed by atoms with Crippen LogP contribution in [0.5, 0.6) is 0 Å². The fraction of sp³-hybridized carbons (Fsp3) is 0.286. The molecule has 19 heavy (non-hydrogen) atoms. The first-order valence-corrected chi connectivity index (χ1v) is 7.32. The molecule has 0 aliphatic rings. The lowest BCUT2D eigenvalue weighted by atomic mass is 10.1. The van der Waals surface area contributed by atoms with Crippen LogP contribution in [0.1, 0.15) is 24.4 Å². The van der Waals surface area contributed by atoms with E-state index < -0.39 is 0 Å². The van der Waals surface area contributed by atoms with Crippen molar-refractivity contribution in [3.8, 4) is 0 Å². The van der Waals surface area contributed by atoms with Crippen LogP contribution in [0.15, 0.2) is 41.1 Å². The molecule has 100 valence electrons. The summed E-state index contributed by atoms with van der Waals surface area (Å²) >= 11 is 9.68. The third kappa shape index (κ3) is 4.00. The van der Waals surface area contributed by atoms with Crippen molar-refractivity contribution in [1.82, 2.24) is 15.3 Å². The topological polar surface area (TPSA) is 37.8 Å². The lowest BCUT2D eigenvalue weighted by molar-refractivity contribution is 0.521. The third-order valence-corrected chi connectivity index (χ3v) is 3.63. The Hall–Kier alpha value is -0.970. The van der Waals surface area contributed by atoms with Crippen molar-refractivity contribution in [1.29, 1.82) is 0 Å². The summed E-state index contributed by atoms with van der Waals surface area (Å²) in [5.41, 5.74) is 1.09. The number of aromatic nitrogens is 2. The summed E-state index contributed by atoms with van der Waals surface area (Å²) in [6, 6.07) is 7.82. The summed E-state index contributed by atoms with van der Waals surface area (Å²) in [6.07, 6.45) is 4.29. The van der Waals surface area contributed by atoms with Crippen LogP contribution in [0.25, 0.3) is 0 Å². The first-order chi connectivity index (χ1) is 9.20. The molecule has 5 heteroatoms. The van der Waals surface area contributed by atoms with Gasteiger partial charge in [0.15, 0.2) is 0 Å². The number of rotatable bonds is 5. The Labute approximate surface area is 126 Å². The van der Waals surface area contributed by atoms with E-state index in [1.165, 1.54) is 0 Å². The van der Waals surface area contributed by atoms with Gasteiger partial charge in [-0.1, -0.05) is 40.5 Å². The molecular weight excluding hydrogens is 326 g/mol. The summed E-state index contributed by atoms with van der Waals surface area (Å²) in [7, 11) is 0. The molecule has 1 aromatic heterocycles. The molecule has 0 bridgehead atoms. The molecule has 3 nitrogen and oxygen atoms in total. The van der Waals surface area contributed by atoms with E-state index in [1.54, 1.807) is 12.4 Å². The number of benzene rings is 1. The minimum Gasteiger partial charge on any atom is -0.307 e. The second-order valence-corrected chi connectivity index (χ2v) is 5.48. The Balaban J connectivity index is 2.21. The first kappa shape index (κ1) is 14.4. The fourth-order valence-corrected chi connectivity index (χ4v) is 2.65. The molecule has 0 saturated heterocycles. The maximum absolute atomic E-state index is 6.26. The first-order valence-electron chi connectivity index (χ1n) is 6.15. The Morgan fingerprint density at radius 1 is 1.32 bits per heavy atom. The van der Waals surface area contributed by atoms with Gasteiger partial charge in [-0.2, -0.15) is 0 Å². The molecule has 1 atom stereocenters. The molecular formula is C14H15BrClN3. The van der Waals surface area contributed by atoms with Crippen molar-refractivity contribution >= 4 is 27.5 Å². The van der Waals surface area contributed by atoms with Crippen LogP contribution in [0.4, 0.5) is 0 Å². The van der Waals surface area contributed by atoms with Crippen LogP contribution in [-0.4, -0.2) is 16.5 Å². The Kier molecular flexibility index (Phi) is 5.31. The fourth-order valence-electron chi connectivity index (χ4n) is 1.90. The van der Waals surface area contributed by atoms with E-state index in [0.717, 1.165) is 33.8 Å². The van der Waals surface area contributed by atoms with Gasteiger partial charge in [-0.25, -0.2) is 9.97 Å². The van der Waals surface area contributed by atoms with E-state index in [-0.39, 0.29) is 6.04 Å². The van der Waals surface area contributed by atoms with E-state index >= 15 is 0 Å². The molecule has 0 aliphatic heterocycles. The van der Waals surface area contributed by atoms with Gasteiger partial charge in [0, 0.05) is 21.9 Å². The lowest BCUT2D eigenvalue weighted by Gasteiger charge is -2.17. The van der Waals surface area contributed by atoms with Crippen LogP contribution >= 0.6 is 27.5 Å². The summed E-state index contributed by atoms with van der Waals surface area (Å²) in [5, 5.41) is 4.15. The molecule has 1 N–H and O–H groups in total. The van der Waals surface area contributed by atoms with Crippen LogP contribution in [0.3, 0.4) is 0 Å². The van der Waals surface area contributed by atoms with E-state index in [4.69, 9.17) is 11.6 Å². The third-order valence-electron chi connectivity index (χ3n) is 2.79. The van der Waals surface area contributed by atoms with Gasteiger partial charge in [-0.05, 0) is 36.7 Å². The molecule has 0 radical (unpaired) electrons. The molecule has 0 aliphatic carbocycles. The maximum atomic E-state index is 6.26. The monoisotopic (exact) mass is 339 g/mol. The molecule has 2 rings (SSSR count). The predicted molar refractivity (Wildman–Crippen MR) is 81.3 cm³/mol. The molecule has 0 spiro atoms. The van der Waals surface area contributed by atoms with Gasteiger partial charge < -0.3 is 5.32 Å². The van der Waals surface area contributed by atoms with Gasteiger partial charge in [0.25, 0.3) is 0 Å². The minimum atomic E-state index is 0.0740. The van der Waals surface area contributed by atoms with Crippen LogP contribution < -0.4 is 5.32 Å². The van der Waals surface area contributed by atoms with Gasteiger partial charge in [0.1, 0.15) is 5.82 Å².